The summed E-state index contributed by atoms with van der Waals surface area (Å²) < 4.78 is 6.88. The lowest BCUT2D eigenvalue weighted by atomic mass is 9.98. The van der Waals surface area contributed by atoms with Gasteiger partial charge in [-0.3, -0.25) is 0 Å². The molecule has 0 radical (unpaired) electrons. The molecule has 0 spiro atoms. The zero-order valence-electron chi connectivity index (χ0n) is 29.5. The van der Waals surface area contributed by atoms with Crippen LogP contribution in [0.25, 0.3) is 98.5 Å². The van der Waals surface area contributed by atoms with E-state index in [2.05, 4.69) is 152 Å². The normalized spacial score (nSPS) is 11.6. The Bertz CT molecular complexity index is 3420. The topological polar surface area (TPSA) is 42.9 Å². The van der Waals surface area contributed by atoms with Crippen molar-refractivity contribution in [2.45, 2.75) is 0 Å². The number of fused-ring (bicyclic) bond motifs is 9. The Morgan fingerprint density at radius 2 is 0.964 bits per heavy atom. The first-order chi connectivity index (χ1) is 27.2. The molecule has 0 saturated carbocycles. The molecule has 0 saturated heterocycles. The summed E-state index contributed by atoms with van der Waals surface area (Å²) in [5.74, 6) is 0. The maximum absolute atomic E-state index is 10.9. The summed E-state index contributed by atoms with van der Waals surface area (Å²) in [5, 5.41) is 17.8. The minimum absolute atomic E-state index is 0.561. The zero-order valence-corrected chi connectivity index (χ0v) is 29.5. The van der Waals surface area contributed by atoms with Crippen LogP contribution in [-0.4, -0.2) is 13.7 Å². The predicted molar refractivity (Wildman–Crippen MR) is 226 cm³/mol. The van der Waals surface area contributed by atoms with Gasteiger partial charge in [-0.15, -0.1) is 0 Å². The molecule has 0 bridgehead atoms. The van der Waals surface area contributed by atoms with E-state index in [0.29, 0.717) is 11.3 Å². The molecular formula is C50H29N5. The van der Waals surface area contributed by atoms with Crippen molar-refractivity contribution in [2.24, 2.45) is 0 Å². The fourth-order valence-electron chi connectivity index (χ4n) is 8.83. The largest absolute Gasteiger partial charge is 0.309 e. The van der Waals surface area contributed by atoms with Crippen LogP contribution >= 0.6 is 0 Å². The van der Waals surface area contributed by atoms with Crippen molar-refractivity contribution in [1.29, 1.82) is 5.26 Å². The maximum Gasteiger partial charge on any atom is 0.189 e. The summed E-state index contributed by atoms with van der Waals surface area (Å²) in [7, 11) is 0. The van der Waals surface area contributed by atoms with Gasteiger partial charge in [-0.2, -0.15) is 5.26 Å². The van der Waals surface area contributed by atoms with Gasteiger partial charge in [0.15, 0.2) is 5.69 Å². The van der Waals surface area contributed by atoms with E-state index >= 15 is 0 Å². The number of hydrogen-bond acceptors (Lipinski definition) is 1. The van der Waals surface area contributed by atoms with Gasteiger partial charge >= 0.3 is 0 Å². The van der Waals surface area contributed by atoms with Crippen molar-refractivity contribution < 1.29 is 0 Å². The molecule has 0 aliphatic heterocycles. The molecule has 5 heteroatoms. The van der Waals surface area contributed by atoms with E-state index in [1.165, 1.54) is 32.6 Å². The molecule has 0 aliphatic carbocycles. The lowest BCUT2D eigenvalue weighted by molar-refractivity contribution is 1.16. The highest BCUT2D eigenvalue weighted by molar-refractivity contribution is 6.16. The van der Waals surface area contributed by atoms with Crippen LogP contribution in [0.15, 0.2) is 176 Å². The van der Waals surface area contributed by atoms with Crippen molar-refractivity contribution in [3.05, 3.63) is 193 Å². The molecule has 0 N–H and O–H groups in total. The van der Waals surface area contributed by atoms with Crippen LogP contribution in [0.2, 0.25) is 0 Å². The molecule has 11 rings (SSSR count). The van der Waals surface area contributed by atoms with E-state index in [4.69, 9.17) is 6.57 Å². The molecule has 5 nitrogen and oxygen atoms in total. The molecule has 3 aromatic heterocycles. The third-order valence-electron chi connectivity index (χ3n) is 11.1. The van der Waals surface area contributed by atoms with Gasteiger partial charge in [0, 0.05) is 49.1 Å². The predicted octanol–water partition coefficient (Wildman–Crippen LogP) is 13.1. The highest BCUT2D eigenvalue weighted by atomic mass is 15.0. The second-order valence-corrected chi connectivity index (χ2v) is 13.9. The van der Waals surface area contributed by atoms with Crippen LogP contribution in [0.5, 0.6) is 0 Å². The summed E-state index contributed by atoms with van der Waals surface area (Å²) in [4.78, 5) is 3.73. The molecule has 0 amide bonds. The number of rotatable bonds is 4. The Balaban J connectivity index is 1.14. The Morgan fingerprint density at radius 1 is 0.436 bits per heavy atom. The Labute approximate surface area is 316 Å². The van der Waals surface area contributed by atoms with Crippen molar-refractivity contribution >= 4 is 71.1 Å². The van der Waals surface area contributed by atoms with Gasteiger partial charge in [-0.05, 0) is 66.2 Å². The number of para-hydroxylation sites is 4. The number of aromatic nitrogens is 3. The second-order valence-electron chi connectivity index (χ2n) is 13.9. The average Bonchev–Trinajstić information content (AvgIpc) is 3.89. The molecule has 0 atom stereocenters. The molecule has 0 unspecified atom stereocenters. The van der Waals surface area contributed by atoms with Gasteiger partial charge in [0.25, 0.3) is 0 Å². The van der Waals surface area contributed by atoms with Crippen LogP contribution in [0.4, 0.5) is 5.69 Å². The van der Waals surface area contributed by atoms with Crippen LogP contribution in [-0.2, 0) is 0 Å². The van der Waals surface area contributed by atoms with Gasteiger partial charge in [0.2, 0.25) is 0 Å². The third-order valence-corrected chi connectivity index (χ3v) is 11.1. The standard InChI is InChI=1S/C50H29N5/c1-52-33-27-28-39-38-17-4-8-22-44(38)55(49(39)30-33)46-24-11-19-35(41(46)31-51)32-13-10-14-34(29-32)53-45-23-9-5-18-40(45)50-47(53)25-12-26-48(50)54-42-20-6-2-15-36(42)37-16-3-7-21-43(37)54/h2-30H. The van der Waals surface area contributed by atoms with Crippen LogP contribution in [0.3, 0.4) is 0 Å². The van der Waals surface area contributed by atoms with Gasteiger partial charge in [-0.1, -0.05) is 115 Å². The maximum atomic E-state index is 10.9. The number of nitriles is 1. The number of nitrogens with zero attached hydrogens (tertiary/aromatic N) is 5. The van der Waals surface area contributed by atoms with E-state index in [9.17, 15) is 5.26 Å². The third kappa shape index (κ3) is 4.39. The molecular weight excluding hydrogens is 671 g/mol. The van der Waals surface area contributed by atoms with Gasteiger partial charge < -0.3 is 13.7 Å². The van der Waals surface area contributed by atoms with Crippen LogP contribution in [0.1, 0.15) is 5.56 Å². The van der Waals surface area contributed by atoms with Crippen molar-refractivity contribution in [2.75, 3.05) is 0 Å². The summed E-state index contributed by atoms with van der Waals surface area (Å²) in [6.45, 7) is 7.71. The van der Waals surface area contributed by atoms with Crippen molar-refractivity contribution in [3.8, 4) is 34.3 Å². The summed E-state index contributed by atoms with van der Waals surface area (Å²) >= 11 is 0. The van der Waals surface area contributed by atoms with E-state index in [-0.39, 0.29) is 0 Å². The van der Waals surface area contributed by atoms with E-state index in [0.717, 1.165) is 61.0 Å². The Kier molecular flexibility index (Phi) is 6.61. The fraction of sp³-hybridized carbons (Fsp3) is 0. The first-order valence-corrected chi connectivity index (χ1v) is 18.3. The van der Waals surface area contributed by atoms with E-state index < -0.39 is 0 Å². The molecule has 55 heavy (non-hydrogen) atoms. The van der Waals surface area contributed by atoms with Crippen LogP contribution < -0.4 is 0 Å². The fourth-order valence-corrected chi connectivity index (χ4v) is 8.83. The summed E-state index contributed by atoms with van der Waals surface area (Å²) in [5.41, 5.74) is 12.3. The average molecular weight is 700 g/mol. The minimum Gasteiger partial charge on any atom is -0.309 e. The van der Waals surface area contributed by atoms with Gasteiger partial charge in [0.05, 0.1) is 51.1 Å². The summed E-state index contributed by atoms with van der Waals surface area (Å²) in [6.07, 6.45) is 0. The SMILES string of the molecule is [C-]#[N+]c1ccc2c3ccccc3n(-c3cccc(-c4cccc(-n5c6ccccc6c6c(-n7c8ccccc8c8ccccc87)cccc65)c4)c3C#N)c2c1. The van der Waals surface area contributed by atoms with E-state index in [1.54, 1.807) is 0 Å². The monoisotopic (exact) mass is 699 g/mol. The highest BCUT2D eigenvalue weighted by Gasteiger charge is 2.21. The molecule has 254 valence electrons. The first-order valence-electron chi connectivity index (χ1n) is 18.3. The molecule has 11 aromatic rings. The van der Waals surface area contributed by atoms with Crippen LogP contribution in [0, 0.1) is 17.9 Å². The smallest absolute Gasteiger partial charge is 0.189 e. The van der Waals surface area contributed by atoms with E-state index in [1.807, 2.05) is 48.5 Å². The number of hydrogen-bond donors (Lipinski definition) is 0. The molecule has 3 heterocycles. The first kappa shape index (κ1) is 30.7. The lowest BCUT2D eigenvalue weighted by Gasteiger charge is -2.15. The Hall–Kier alpha value is -7.86. The van der Waals surface area contributed by atoms with Gasteiger partial charge in [-0.25, -0.2) is 4.85 Å². The van der Waals surface area contributed by atoms with Crippen molar-refractivity contribution in [1.82, 2.24) is 13.7 Å². The summed E-state index contributed by atoms with van der Waals surface area (Å²) in [6, 6.07) is 63.7. The highest BCUT2D eigenvalue weighted by Crippen LogP contribution is 2.41. The lowest BCUT2D eigenvalue weighted by Crippen LogP contribution is -2.00. The Morgan fingerprint density at radius 3 is 1.62 bits per heavy atom. The second kappa shape index (κ2) is 11.8. The molecule has 0 aliphatic rings. The zero-order chi connectivity index (χ0) is 36.6. The molecule has 0 fully saturated rings. The molecule has 8 aromatic carbocycles. The number of benzene rings is 8. The minimum atomic E-state index is 0.561. The quantitative estimate of drug-likeness (QED) is 0.169. The van der Waals surface area contributed by atoms with Crippen molar-refractivity contribution in [3.63, 3.8) is 0 Å². The van der Waals surface area contributed by atoms with Gasteiger partial charge in [0.1, 0.15) is 6.07 Å².